The van der Waals surface area contributed by atoms with Crippen molar-refractivity contribution in [1.29, 1.82) is 0 Å². The third-order valence-corrected chi connectivity index (χ3v) is 2.10. The topological polar surface area (TPSA) is 51.2 Å². The summed E-state index contributed by atoms with van der Waals surface area (Å²) in [6, 6.07) is 0. The SMILES string of the molecule is CCCC1C(=O)CC(=O)CC1=O. The summed E-state index contributed by atoms with van der Waals surface area (Å²) >= 11 is 0. The van der Waals surface area contributed by atoms with Crippen LogP contribution in [0.5, 0.6) is 0 Å². The summed E-state index contributed by atoms with van der Waals surface area (Å²) in [6.45, 7) is 1.93. The van der Waals surface area contributed by atoms with Crippen LogP contribution in [0.3, 0.4) is 0 Å². The van der Waals surface area contributed by atoms with Gasteiger partial charge in [-0.15, -0.1) is 0 Å². The van der Waals surface area contributed by atoms with Crippen LogP contribution in [0.4, 0.5) is 0 Å². The lowest BCUT2D eigenvalue weighted by atomic mass is 9.83. The lowest BCUT2D eigenvalue weighted by molar-refractivity contribution is -0.141. The third kappa shape index (κ3) is 1.78. The van der Waals surface area contributed by atoms with Crippen LogP contribution in [0.15, 0.2) is 0 Å². The first-order chi connectivity index (χ1) is 5.65. The summed E-state index contributed by atoms with van der Waals surface area (Å²) in [5.74, 6) is -1.07. The zero-order valence-electron chi connectivity index (χ0n) is 7.13. The molecule has 0 atom stereocenters. The van der Waals surface area contributed by atoms with Crippen molar-refractivity contribution in [2.75, 3.05) is 0 Å². The number of carbonyl (C=O) groups excluding carboxylic acids is 3. The molecule has 1 aliphatic rings. The minimum atomic E-state index is -0.479. The van der Waals surface area contributed by atoms with Crippen molar-refractivity contribution in [1.82, 2.24) is 0 Å². The van der Waals surface area contributed by atoms with Crippen LogP contribution in [0.2, 0.25) is 0 Å². The van der Waals surface area contributed by atoms with Crippen LogP contribution < -0.4 is 0 Å². The molecule has 0 saturated heterocycles. The minimum absolute atomic E-state index is 0.0313. The van der Waals surface area contributed by atoms with Gasteiger partial charge in [0.05, 0.1) is 18.8 Å². The Hall–Kier alpha value is -0.990. The van der Waals surface area contributed by atoms with E-state index < -0.39 is 5.92 Å². The van der Waals surface area contributed by atoms with Crippen molar-refractivity contribution < 1.29 is 14.4 Å². The molecule has 0 aromatic carbocycles. The maximum atomic E-state index is 11.2. The molecule has 3 heteroatoms. The Morgan fingerprint density at radius 1 is 1.17 bits per heavy atom. The molecule has 0 spiro atoms. The molecule has 1 saturated carbocycles. The fraction of sp³-hybridized carbons (Fsp3) is 0.667. The molecule has 0 radical (unpaired) electrons. The highest BCUT2D eigenvalue weighted by Gasteiger charge is 2.33. The average Bonchev–Trinajstić information content (AvgIpc) is 1.96. The minimum Gasteiger partial charge on any atom is -0.299 e. The van der Waals surface area contributed by atoms with Crippen molar-refractivity contribution >= 4 is 17.3 Å². The van der Waals surface area contributed by atoms with Crippen molar-refractivity contribution in [2.24, 2.45) is 5.92 Å². The van der Waals surface area contributed by atoms with E-state index in [1.54, 1.807) is 0 Å². The van der Waals surface area contributed by atoms with E-state index >= 15 is 0 Å². The van der Waals surface area contributed by atoms with E-state index in [4.69, 9.17) is 0 Å². The first-order valence-electron chi connectivity index (χ1n) is 4.22. The highest BCUT2D eigenvalue weighted by atomic mass is 16.2. The van der Waals surface area contributed by atoms with E-state index in [0.29, 0.717) is 6.42 Å². The molecule has 0 bridgehead atoms. The summed E-state index contributed by atoms with van der Waals surface area (Å²) in [4.78, 5) is 33.1. The monoisotopic (exact) mass is 168 g/mol. The van der Waals surface area contributed by atoms with Crippen LogP contribution in [0.25, 0.3) is 0 Å². The zero-order valence-corrected chi connectivity index (χ0v) is 7.13. The van der Waals surface area contributed by atoms with Gasteiger partial charge in [0.1, 0.15) is 5.78 Å². The van der Waals surface area contributed by atoms with E-state index in [2.05, 4.69) is 0 Å². The fourth-order valence-electron chi connectivity index (χ4n) is 1.49. The van der Waals surface area contributed by atoms with Crippen molar-refractivity contribution in [2.45, 2.75) is 32.6 Å². The van der Waals surface area contributed by atoms with Gasteiger partial charge >= 0.3 is 0 Å². The highest BCUT2D eigenvalue weighted by Crippen LogP contribution is 2.19. The summed E-state index contributed by atoms with van der Waals surface area (Å²) < 4.78 is 0. The zero-order chi connectivity index (χ0) is 9.14. The van der Waals surface area contributed by atoms with Gasteiger partial charge in [-0.3, -0.25) is 14.4 Å². The van der Waals surface area contributed by atoms with Gasteiger partial charge in [0.15, 0.2) is 11.6 Å². The molecule has 1 aliphatic carbocycles. The maximum absolute atomic E-state index is 11.2. The number of hydrogen-bond acceptors (Lipinski definition) is 3. The molecule has 0 N–H and O–H groups in total. The third-order valence-electron chi connectivity index (χ3n) is 2.10. The second kappa shape index (κ2) is 3.61. The summed E-state index contributed by atoms with van der Waals surface area (Å²) in [6.07, 6.45) is 1.36. The Morgan fingerprint density at radius 3 is 2.08 bits per heavy atom. The standard InChI is InChI=1S/C9H12O3/c1-2-3-7-8(11)4-6(10)5-9(7)12/h7H,2-5H2,1H3. The van der Waals surface area contributed by atoms with Crippen LogP contribution in [0, 0.1) is 5.92 Å². The summed E-state index contributed by atoms with van der Waals surface area (Å²) in [5.41, 5.74) is 0. The second-order valence-electron chi connectivity index (χ2n) is 3.17. The first-order valence-corrected chi connectivity index (χ1v) is 4.22. The van der Waals surface area contributed by atoms with Crippen molar-refractivity contribution in [3.63, 3.8) is 0 Å². The molecule has 12 heavy (non-hydrogen) atoms. The fourth-order valence-corrected chi connectivity index (χ4v) is 1.49. The molecule has 0 aliphatic heterocycles. The van der Waals surface area contributed by atoms with Crippen molar-refractivity contribution in [3.05, 3.63) is 0 Å². The first kappa shape index (κ1) is 9.10. The van der Waals surface area contributed by atoms with Gasteiger partial charge in [-0.2, -0.15) is 0 Å². The van der Waals surface area contributed by atoms with E-state index in [1.165, 1.54) is 0 Å². The predicted molar refractivity (Wildman–Crippen MR) is 42.7 cm³/mol. The molecule has 1 fully saturated rings. The number of Topliss-reactive ketones (excluding diaryl/α,β-unsaturated/α-hetero) is 3. The molecule has 0 amide bonds. The predicted octanol–water partition coefficient (Wildman–Crippen LogP) is 0.904. The smallest absolute Gasteiger partial charge is 0.150 e. The molecular formula is C9H12O3. The quantitative estimate of drug-likeness (QED) is 0.576. The normalized spacial score (nSPS) is 20.2. The Balaban J connectivity index is 2.67. The number of rotatable bonds is 2. The largest absolute Gasteiger partial charge is 0.299 e. The van der Waals surface area contributed by atoms with E-state index in [0.717, 1.165) is 6.42 Å². The molecule has 0 heterocycles. The van der Waals surface area contributed by atoms with Gasteiger partial charge in [0, 0.05) is 0 Å². The van der Waals surface area contributed by atoms with E-state index in [9.17, 15) is 14.4 Å². The Morgan fingerprint density at radius 2 is 1.67 bits per heavy atom. The number of hydrogen-bond donors (Lipinski definition) is 0. The number of ketones is 3. The Kier molecular flexibility index (Phi) is 2.74. The highest BCUT2D eigenvalue weighted by molar-refractivity contribution is 6.20. The van der Waals surface area contributed by atoms with Crippen LogP contribution in [0.1, 0.15) is 32.6 Å². The van der Waals surface area contributed by atoms with E-state index in [-0.39, 0.29) is 30.2 Å². The lowest BCUT2D eigenvalue weighted by Crippen LogP contribution is -2.33. The van der Waals surface area contributed by atoms with Crippen LogP contribution in [-0.2, 0) is 14.4 Å². The molecule has 66 valence electrons. The second-order valence-corrected chi connectivity index (χ2v) is 3.17. The molecule has 1 rings (SSSR count). The maximum Gasteiger partial charge on any atom is 0.150 e. The summed E-state index contributed by atoms with van der Waals surface area (Å²) in [5, 5.41) is 0. The molecule has 3 nitrogen and oxygen atoms in total. The van der Waals surface area contributed by atoms with Crippen molar-refractivity contribution in [3.8, 4) is 0 Å². The molecule has 0 aromatic rings. The molecule has 0 unspecified atom stereocenters. The van der Waals surface area contributed by atoms with Crippen LogP contribution in [-0.4, -0.2) is 17.3 Å². The van der Waals surface area contributed by atoms with Gasteiger partial charge < -0.3 is 0 Å². The van der Waals surface area contributed by atoms with Gasteiger partial charge in [-0.1, -0.05) is 13.3 Å². The lowest BCUT2D eigenvalue weighted by Gasteiger charge is -2.17. The molecular weight excluding hydrogens is 156 g/mol. The van der Waals surface area contributed by atoms with Gasteiger partial charge in [-0.05, 0) is 6.42 Å². The van der Waals surface area contributed by atoms with E-state index in [1.807, 2.05) is 6.92 Å². The summed E-state index contributed by atoms with van der Waals surface area (Å²) in [7, 11) is 0. The Labute approximate surface area is 71.1 Å². The van der Waals surface area contributed by atoms with Gasteiger partial charge in [0.2, 0.25) is 0 Å². The van der Waals surface area contributed by atoms with Crippen LogP contribution >= 0.6 is 0 Å². The van der Waals surface area contributed by atoms with Gasteiger partial charge in [0.25, 0.3) is 0 Å². The molecule has 0 aromatic heterocycles. The van der Waals surface area contributed by atoms with Gasteiger partial charge in [-0.25, -0.2) is 0 Å². The Bertz CT molecular complexity index is 210. The number of carbonyl (C=O) groups is 3. The average molecular weight is 168 g/mol.